The topological polar surface area (TPSA) is 89.3 Å². The van der Waals surface area contributed by atoms with Crippen LogP contribution in [-0.4, -0.2) is 26.6 Å². The smallest absolute Gasteiger partial charge is 0.352 e. The van der Waals surface area contributed by atoms with Crippen molar-refractivity contribution in [2.45, 2.75) is 12.6 Å². The van der Waals surface area contributed by atoms with Gasteiger partial charge in [-0.15, -0.1) is 0 Å². The summed E-state index contributed by atoms with van der Waals surface area (Å²) < 4.78 is 59.2. The lowest BCUT2D eigenvalue weighted by molar-refractivity contribution is -0.138. The van der Waals surface area contributed by atoms with Crippen LogP contribution in [0.15, 0.2) is 22.7 Å². The van der Waals surface area contributed by atoms with Gasteiger partial charge in [0, 0.05) is 16.6 Å². The summed E-state index contributed by atoms with van der Waals surface area (Å²) in [5.74, 6) is -1.04. The maximum absolute atomic E-state index is 12.7. The van der Waals surface area contributed by atoms with Crippen molar-refractivity contribution >= 4 is 31.9 Å². The van der Waals surface area contributed by atoms with Gasteiger partial charge in [-0.25, -0.2) is 13.6 Å². The molecule has 1 aromatic rings. The van der Waals surface area contributed by atoms with E-state index in [0.29, 0.717) is 0 Å². The van der Waals surface area contributed by atoms with Crippen molar-refractivity contribution in [2.24, 2.45) is 5.14 Å². The van der Waals surface area contributed by atoms with Crippen LogP contribution in [0.25, 0.3) is 0 Å². The molecule has 0 saturated heterocycles. The third-order valence-electron chi connectivity index (χ3n) is 2.43. The molecule has 0 bridgehead atoms. The summed E-state index contributed by atoms with van der Waals surface area (Å²) >= 11 is 2.77. The number of carbonyl (C=O) groups is 1. The molecule has 21 heavy (non-hydrogen) atoms. The van der Waals surface area contributed by atoms with Crippen LogP contribution < -0.4 is 10.5 Å². The van der Waals surface area contributed by atoms with Gasteiger partial charge in [-0.1, -0.05) is 15.9 Å². The minimum absolute atomic E-state index is 0.00726. The molecule has 0 saturated carbocycles. The van der Waals surface area contributed by atoms with Crippen LogP contribution in [0.5, 0.6) is 0 Å². The minimum Gasteiger partial charge on any atom is -0.352 e. The van der Waals surface area contributed by atoms with Crippen molar-refractivity contribution in [2.75, 3.05) is 12.3 Å². The fourth-order valence-corrected chi connectivity index (χ4v) is 2.48. The zero-order chi connectivity index (χ0) is 16.3. The zero-order valence-corrected chi connectivity index (χ0v) is 13.0. The quantitative estimate of drug-likeness (QED) is 0.754. The molecule has 0 aromatic heterocycles. The predicted molar refractivity (Wildman–Crippen MR) is 74.1 cm³/mol. The van der Waals surface area contributed by atoms with Crippen molar-refractivity contribution in [1.29, 1.82) is 0 Å². The molecule has 0 aliphatic carbocycles. The Morgan fingerprint density at radius 2 is 1.95 bits per heavy atom. The number of hydrogen-bond acceptors (Lipinski definition) is 3. The van der Waals surface area contributed by atoms with Crippen molar-refractivity contribution < 1.29 is 26.4 Å². The molecule has 1 amide bonds. The molecule has 1 rings (SSSR count). The standard InChI is InChI=1S/C11H12BrF3N2O3S/c12-9-3-2-7(6-8(9)11(13,14)15)10(18)17-4-1-5-21(16,19)20/h2-3,6H,1,4-5H2,(H,17,18)(H2,16,19,20). The van der Waals surface area contributed by atoms with E-state index < -0.39 is 27.7 Å². The van der Waals surface area contributed by atoms with Crippen LogP contribution in [0.3, 0.4) is 0 Å². The Balaban J connectivity index is 2.71. The number of hydrogen-bond donors (Lipinski definition) is 2. The number of nitrogens with one attached hydrogen (secondary N) is 1. The molecule has 0 atom stereocenters. The lowest BCUT2D eigenvalue weighted by Gasteiger charge is -2.11. The number of amides is 1. The highest BCUT2D eigenvalue weighted by Gasteiger charge is 2.33. The Kier molecular flexibility index (Phi) is 5.76. The number of carbonyl (C=O) groups excluding carboxylic acids is 1. The molecule has 0 heterocycles. The van der Waals surface area contributed by atoms with Gasteiger partial charge in [0.2, 0.25) is 10.0 Å². The summed E-state index contributed by atoms with van der Waals surface area (Å²) in [5, 5.41) is 7.11. The molecular weight excluding hydrogens is 377 g/mol. The average Bonchev–Trinajstić information content (AvgIpc) is 2.32. The van der Waals surface area contributed by atoms with E-state index in [1.807, 2.05) is 0 Å². The summed E-state index contributed by atoms with van der Waals surface area (Å²) in [6, 6.07) is 3.08. The number of nitrogens with two attached hydrogens (primary N) is 1. The highest BCUT2D eigenvalue weighted by atomic mass is 79.9. The second-order valence-corrected chi connectivity index (χ2v) is 6.76. The molecule has 0 unspecified atom stereocenters. The molecule has 0 spiro atoms. The summed E-state index contributed by atoms with van der Waals surface area (Å²) in [6.07, 6.45) is -4.50. The first-order valence-corrected chi connectivity index (χ1v) is 8.17. The van der Waals surface area contributed by atoms with Gasteiger partial charge in [0.1, 0.15) is 0 Å². The van der Waals surface area contributed by atoms with E-state index in [9.17, 15) is 26.4 Å². The summed E-state index contributed by atoms with van der Waals surface area (Å²) in [4.78, 5) is 11.7. The van der Waals surface area contributed by atoms with E-state index in [0.717, 1.165) is 12.1 Å². The normalized spacial score (nSPS) is 12.2. The van der Waals surface area contributed by atoms with E-state index in [2.05, 4.69) is 21.2 Å². The van der Waals surface area contributed by atoms with Crippen LogP contribution in [0.2, 0.25) is 0 Å². The Hall–Kier alpha value is -1.13. The second kappa shape index (κ2) is 6.75. The third-order valence-corrected chi connectivity index (χ3v) is 3.97. The summed E-state index contributed by atoms with van der Waals surface area (Å²) in [6.45, 7) is -0.00726. The van der Waals surface area contributed by atoms with Gasteiger partial charge < -0.3 is 5.32 Å². The van der Waals surface area contributed by atoms with E-state index in [-0.39, 0.29) is 28.8 Å². The van der Waals surface area contributed by atoms with Crippen molar-refractivity contribution in [3.8, 4) is 0 Å². The number of primary sulfonamides is 1. The Labute approximate surface area is 127 Å². The molecule has 0 radical (unpaired) electrons. The molecule has 0 aliphatic heterocycles. The molecule has 118 valence electrons. The van der Waals surface area contributed by atoms with E-state index in [1.54, 1.807) is 0 Å². The van der Waals surface area contributed by atoms with Gasteiger partial charge in [0.25, 0.3) is 5.91 Å². The number of halogens is 4. The fourth-order valence-electron chi connectivity index (χ4n) is 1.46. The zero-order valence-electron chi connectivity index (χ0n) is 10.6. The molecule has 10 heteroatoms. The number of alkyl halides is 3. The van der Waals surface area contributed by atoms with Crippen LogP contribution in [-0.2, 0) is 16.2 Å². The van der Waals surface area contributed by atoms with Gasteiger partial charge in [-0.2, -0.15) is 13.2 Å². The Bertz CT molecular complexity index is 632. The molecule has 0 fully saturated rings. The predicted octanol–water partition coefficient (Wildman–Crippen LogP) is 1.88. The van der Waals surface area contributed by atoms with E-state index >= 15 is 0 Å². The first kappa shape index (κ1) is 17.9. The summed E-state index contributed by atoms with van der Waals surface area (Å²) in [7, 11) is -3.62. The molecular formula is C11H12BrF3N2O3S. The van der Waals surface area contributed by atoms with Crippen molar-refractivity contribution in [3.63, 3.8) is 0 Å². The minimum atomic E-state index is -4.58. The summed E-state index contributed by atoms with van der Waals surface area (Å²) in [5.41, 5.74) is -1.12. The second-order valence-electron chi connectivity index (χ2n) is 4.17. The van der Waals surface area contributed by atoms with Crippen LogP contribution in [0.1, 0.15) is 22.3 Å². The first-order chi connectivity index (χ1) is 9.50. The lowest BCUT2D eigenvalue weighted by Crippen LogP contribution is -2.27. The highest BCUT2D eigenvalue weighted by Crippen LogP contribution is 2.35. The molecule has 5 nitrogen and oxygen atoms in total. The van der Waals surface area contributed by atoms with Crippen LogP contribution in [0, 0.1) is 0 Å². The third kappa shape index (κ3) is 6.02. The van der Waals surface area contributed by atoms with E-state index in [1.165, 1.54) is 6.07 Å². The molecule has 3 N–H and O–H groups in total. The van der Waals surface area contributed by atoms with Gasteiger partial charge >= 0.3 is 6.18 Å². The van der Waals surface area contributed by atoms with Crippen LogP contribution >= 0.6 is 15.9 Å². The maximum atomic E-state index is 12.7. The highest BCUT2D eigenvalue weighted by molar-refractivity contribution is 9.10. The Morgan fingerprint density at radius 1 is 1.33 bits per heavy atom. The maximum Gasteiger partial charge on any atom is 0.417 e. The largest absolute Gasteiger partial charge is 0.417 e. The number of sulfonamides is 1. The molecule has 0 aliphatic rings. The van der Waals surface area contributed by atoms with E-state index in [4.69, 9.17) is 5.14 Å². The monoisotopic (exact) mass is 388 g/mol. The lowest BCUT2D eigenvalue weighted by atomic mass is 10.1. The molecule has 1 aromatic carbocycles. The SMILES string of the molecule is NS(=O)(=O)CCCNC(=O)c1ccc(Br)c(C(F)(F)F)c1. The number of rotatable bonds is 5. The van der Waals surface area contributed by atoms with Crippen molar-refractivity contribution in [1.82, 2.24) is 5.32 Å². The number of benzene rings is 1. The fraction of sp³-hybridized carbons (Fsp3) is 0.364. The van der Waals surface area contributed by atoms with Crippen molar-refractivity contribution in [3.05, 3.63) is 33.8 Å². The average molecular weight is 389 g/mol. The first-order valence-electron chi connectivity index (χ1n) is 5.66. The van der Waals surface area contributed by atoms with Gasteiger partial charge in [0.15, 0.2) is 0 Å². The van der Waals surface area contributed by atoms with Gasteiger partial charge in [0.05, 0.1) is 11.3 Å². The Morgan fingerprint density at radius 3 is 2.48 bits per heavy atom. The van der Waals surface area contributed by atoms with Gasteiger partial charge in [-0.3, -0.25) is 4.79 Å². The van der Waals surface area contributed by atoms with Crippen LogP contribution in [0.4, 0.5) is 13.2 Å². The van der Waals surface area contributed by atoms with Gasteiger partial charge in [-0.05, 0) is 24.6 Å².